The number of rotatable bonds is 6. The van der Waals surface area contributed by atoms with Crippen molar-refractivity contribution in [1.82, 2.24) is 9.88 Å². The lowest BCUT2D eigenvalue weighted by Crippen LogP contribution is -2.19. The highest BCUT2D eigenvalue weighted by atomic mass is 35.5. The molecule has 0 unspecified atom stereocenters. The summed E-state index contributed by atoms with van der Waals surface area (Å²) in [5, 5.41) is 4.03. The molecule has 8 heteroatoms. The Morgan fingerprint density at radius 2 is 1.76 bits per heavy atom. The normalized spacial score (nSPS) is 15.4. The van der Waals surface area contributed by atoms with Crippen LogP contribution in [0.1, 0.15) is 22.5 Å². The van der Waals surface area contributed by atoms with Crippen LogP contribution in [0.25, 0.3) is 11.8 Å². The number of halogens is 2. The van der Waals surface area contributed by atoms with E-state index in [1.165, 1.54) is 11.8 Å². The van der Waals surface area contributed by atoms with E-state index < -0.39 is 0 Å². The Kier molecular flexibility index (Phi) is 7.42. The van der Waals surface area contributed by atoms with Crippen LogP contribution < -0.4 is 10.1 Å². The van der Waals surface area contributed by atoms with Gasteiger partial charge in [0.25, 0.3) is 5.91 Å². The molecule has 0 aliphatic carbocycles. The summed E-state index contributed by atoms with van der Waals surface area (Å²) in [6, 6.07) is 25.4. The molecule has 2 heterocycles. The van der Waals surface area contributed by atoms with Gasteiger partial charge in [-0.2, -0.15) is 0 Å². The second-order valence-electron chi connectivity index (χ2n) is 8.48. The number of hydrogen-bond acceptors (Lipinski definition) is 4. The highest BCUT2D eigenvalue weighted by molar-refractivity contribution is 8.18. The van der Waals surface area contributed by atoms with E-state index >= 15 is 0 Å². The lowest BCUT2D eigenvalue weighted by molar-refractivity contribution is -0.115. The van der Waals surface area contributed by atoms with Crippen LogP contribution in [0.4, 0.5) is 5.69 Å². The van der Waals surface area contributed by atoms with Crippen molar-refractivity contribution in [2.24, 2.45) is 4.99 Å². The second-order valence-corrected chi connectivity index (χ2v) is 10.3. The van der Waals surface area contributed by atoms with Gasteiger partial charge in [-0.1, -0.05) is 59.6 Å². The first kappa shape index (κ1) is 25.2. The van der Waals surface area contributed by atoms with Gasteiger partial charge in [-0.05, 0) is 85.3 Å². The standard InChI is InChI=1S/C29H23Cl2N3O2S/c1-18-15-21(16-26-28(35)33-29(37-26)32-25-10-6-9-24(30)27(25)31)19(2)34(18)22-11-13-23(14-12-22)36-17-20-7-4-3-5-8-20/h3-16H,17H2,1-2H3,(H,32,33,35)/b26-16+. The average Bonchev–Trinajstić information content (AvgIpc) is 3.38. The molecule has 1 fully saturated rings. The number of nitrogens with zero attached hydrogens (tertiary/aromatic N) is 2. The number of nitrogens with one attached hydrogen (secondary N) is 1. The van der Waals surface area contributed by atoms with Crippen molar-refractivity contribution in [3.8, 4) is 11.4 Å². The van der Waals surface area contributed by atoms with E-state index in [1.54, 1.807) is 18.2 Å². The first-order valence-electron chi connectivity index (χ1n) is 11.6. The molecule has 0 radical (unpaired) electrons. The van der Waals surface area contributed by atoms with Crippen LogP contribution >= 0.6 is 35.0 Å². The van der Waals surface area contributed by atoms with Crippen molar-refractivity contribution in [3.63, 3.8) is 0 Å². The van der Waals surface area contributed by atoms with Gasteiger partial charge in [0, 0.05) is 17.1 Å². The molecule has 3 aromatic carbocycles. The molecule has 0 atom stereocenters. The maximum Gasteiger partial charge on any atom is 0.264 e. The maximum atomic E-state index is 12.6. The van der Waals surface area contributed by atoms with Crippen molar-refractivity contribution in [1.29, 1.82) is 0 Å². The first-order chi connectivity index (χ1) is 17.9. The molecule has 0 saturated carbocycles. The number of aliphatic imine (C=N–C) groups is 1. The molecule has 0 spiro atoms. The zero-order valence-corrected chi connectivity index (χ0v) is 22.5. The highest BCUT2D eigenvalue weighted by Gasteiger charge is 2.25. The number of hydrogen-bond donors (Lipinski definition) is 1. The monoisotopic (exact) mass is 547 g/mol. The summed E-state index contributed by atoms with van der Waals surface area (Å²) in [4.78, 5) is 17.7. The van der Waals surface area contributed by atoms with Crippen molar-refractivity contribution in [3.05, 3.63) is 116 Å². The highest BCUT2D eigenvalue weighted by Crippen LogP contribution is 2.35. The summed E-state index contributed by atoms with van der Waals surface area (Å²) in [6.45, 7) is 4.61. The lowest BCUT2D eigenvalue weighted by atomic mass is 10.2. The van der Waals surface area contributed by atoms with E-state index in [4.69, 9.17) is 27.9 Å². The van der Waals surface area contributed by atoms with Gasteiger partial charge >= 0.3 is 0 Å². The fraction of sp³-hybridized carbons (Fsp3) is 0.103. The van der Waals surface area contributed by atoms with Crippen LogP contribution in [-0.4, -0.2) is 15.6 Å². The number of aromatic nitrogens is 1. The topological polar surface area (TPSA) is 55.6 Å². The molecule has 1 saturated heterocycles. The molecular formula is C29H23Cl2N3O2S. The minimum Gasteiger partial charge on any atom is -0.489 e. The summed E-state index contributed by atoms with van der Waals surface area (Å²) >= 11 is 13.6. The summed E-state index contributed by atoms with van der Waals surface area (Å²) in [7, 11) is 0. The van der Waals surface area contributed by atoms with Gasteiger partial charge in [0.05, 0.1) is 20.6 Å². The molecular weight excluding hydrogens is 525 g/mol. The van der Waals surface area contributed by atoms with Crippen LogP contribution in [0.2, 0.25) is 10.0 Å². The molecule has 37 heavy (non-hydrogen) atoms. The zero-order chi connectivity index (χ0) is 25.9. The Labute approximate surface area is 229 Å². The van der Waals surface area contributed by atoms with E-state index in [1.807, 2.05) is 74.5 Å². The summed E-state index contributed by atoms with van der Waals surface area (Å²) in [5.41, 5.74) is 5.70. The van der Waals surface area contributed by atoms with Crippen LogP contribution in [0.5, 0.6) is 5.75 Å². The second kappa shape index (κ2) is 10.9. The Balaban J connectivity index is 1.34. The molecule has 1 aromatic heterocycles. The number of thioether (sulfide) groups is 1. The van der Waals surface area contributed by atoms with Crippen molar-refractivity contribution >= 4 is 57.8 Å². The molecule has 0 bridgehead atoms. The number of aryl methyl sites for hydroxylation is 1. The van der Waals surface area contributed by atoms with Crippen LogP contribution in [0.3, 0.4) is 0 Å². The molecule has 1 aliphatic heterocycles. The van der Waals surface area contributed by atoms with Gasteiger partial charge in [-0.25, -0.2) is 4.99 Å². The summed E-state index contributed by atoms with van der Waals surface area (Å²) in [5.74, 6) is 0.606. The molecule has 4 aromatic rings. The molecule has 1 amide bonds. The van der Waals surface area contributed by atoms with Crippen molar-refractivity contribution in [2.45, 2.75) is 20.5 Å². The van der Waals surface area contributed by atoms with Crippen LogP contribution in [0, 0.1) is 13.8 Å². The predicted molar refractivity (Wildman–Crippen MR) is 153 cm³/mol. The number of amidine groups is 1. The molecule has 1 N–H and O–H groups in total. The lowest BCUT2D eigenvalue weighted by Gasteiger charge is -2.11. The Bertz CT molecular complexity index is 1530. The van der Waals surface area contributed by atoms with Gasteiger partial charge in [-0.3, -0.25) is 4.79 Å². The third-order valence-electron chi connectivity index (χ3n) is 5.90. The summed E-state index contributed by atoms with van der Waals surface area (Å²) in [6.07, 6.45) is 1.89. The maximum absolute atomic E-state index is 12.6. The predicted octanol–water partition coefficient (Wildman–Crippen LogP) is 7.87. The average molecular weight is 548 g/mol. The number of ether oxygens (including phenoxy) is 1. The third kappa shape index (κ3) is 5.62. The minimum atomic E-state index is -0.202. The molecule has 1 aliphatic rings. The van der Waals surface area contributed by atoms with E-state index in [-0.39, 0.29) is 5.91 Å². The fourth-order valence-corrected chi connectivity index (χ4v) is 5.24. The largest absolute Gasteiger partial charge is 0.489 e. The van der Waals surface area contributed by atoms with Gasteiger partial charge in [0.1, 0.15) is 12.4 Å². The summed E-state index contributed by atoms with van der Waals surface area (Å²) < 4.78 is 8.08. The quantitative estimate of drug-likeness (QED) is 0.250. The fourth-order valence-electron chi connectivity index (χ4n) is 4.07. The number of benzene rings is 3. The van der Waals surface area contributed by atoms with Crippen molar-refractivity contribution < 1.29 is 9.53 Å². The third-order valence-corrected chi connectivity index (χ3v) is 7.62. The van der Waals surface area contributed by atoms with E-state index in [0.29, 0.717) is 32.4 Å². The minimum absolute atomic E-state index is 0.202. The number of carbonyl (C=O) groups excluding carboxylic acids is 1. The van der Waals surface area contributed by atoms with Gasteiger partial charge in [0.2, 0.25) is 0 Å². The molecule has 186 valence electrons. The number of amides is 1. The zero-order valence-electron chi connectivity index (χ0n) is 20.2. The Morgan fingerprint density at radius 3 is 2.51 bits per heavy atom. The molecule has 5 nitrogen and oxygen atoms in total. The van der Waals surface area contributed by atoms with E-state index in [0.717, 1.165) is 34.0 Å². The first-order valence-corrected chi connectivity index (χ1v) is 13.2. The van der Waals surface area contributed by atoms with E-state index in [9.17, 15) is 4.79 Å². The SMILES string of the molecule is Cc1cc(/C=C2/SC(=Nc3cccc(Cl)c3Cl)NC2=O)c(C)n1-c1ccc(OCc2ccccc2)cc1. The molecule has 5 rings (SSSR count). The van der Waals surface area contributed by atoms with Gasteiger partial charge in [0.15, 0.2) is 5.17 Å². The van der Waals surface area contributed by atoms with Gasteiger partial charge in [-0.15, -0.1) is 0 Å². The Hall–Kier alpha value is -3.45. The van der Waals surface area contributed by atoms with Crippen molar-refractivity contribution in [2.75, 3.05) is 0 Å². The van der Waals surface area contributed by atoms with Crippen LogP contribution in [-0.2, 0) is 11.4 Å². The van der Waals surface area contributed by atoms with E-state index in [2.05, 4.69) is 20.9 Å². The number of carbonyl (C=O) groups is 1. The Morgan fingerprint density at radius 1 is 1.00 bits per heavy atom. The van der Waals surface area contributed by atoms with Gasteiger partial charge < -0.3 is 14.6 Å². The smallest absolute Gasteiger partial charge is 0.264 e. The van der Waals surface area contributed by atoms with Crippen LogP contribution in [0.15, 0.2) is 88.8 Å².